The summed E-state index contributed by atoms with van der Waals surface area (Å²) in [5, 5.41) is 2.72. The van der Waals surface area contributed by atoms with Crippen molar-refractivity contribution in [3.05, 3.63) is 59.7 Å². The SMILES string of the molecule is COc1cc(OC)cc(C(=O)NNC(=O)[C@@H](NC(=O)Cc2ccccc2)C(C)C)c1. The summed E-state index contributed by atoms with van der Waals surface area (Å²) in [6.07, 6.45) is 0.160. The van der Waals surface area contributed by atoms with Gasteiger partial charge in [-0.2, -0.15) is 0 Å². The fourth-order valence-corrected chi connectivity index (χ4v) is 2.75. The van der Waals surface area contributed by atoms with Crippen molar-refractivity contribution in [3.8, 4) is 11.5 Å². The number of methoxy groups -OCH3 is 2. The van der Waals surface area contributed by atoms with E-state index >= 15 is 0 Å². The lowest BCUT2D eigenvalue weighted by atomic mass is 10.0. The van der Waals surface area contributed by atoms with Crippen LogP contribution in [0.3, 0.4) is 0 Å². The van der Waals surface area contributed by atoms with Crippen LogP contribution in [0.4, 0.5) is 0 Å². The minimum Gasteiger partial charge on any atom is -0.497 e. The van der Waals surface area contributed by atoms with Gasteiger partial charge in [-0.25, -0.2) is 0 Å². The number of rotatable bonds is 8. The maximum absolute atomic E-state index is 12.6. The first-order valence-electron chi connectivity index (χ1n) is 9.50. The van der Waals surface area contributed by atoms with Crippen LogP contribution in [0.15, 0.2) is 48.5 Å². The van der Waals surface area contributed by atoms with Crippen LogP contribution >= 0.6 is 0 Å². The van der Waals surface area contributed by atoms with Gasteiger partial charge < -0.3 is 14.8 Å². The highest BCUT2D eigenvalue weighted by Crippen LogP contribution is 2.22. The fourth-order valence-electron chi connectivity index (χ4n) is 2.75. The van der Waals surface area contributed by atoms with Gasteiger partial charge in [0.25, 0.3) is 11.8 Å². The van der Waals surface area contributed by atoms with E-state index < -0.39 is 17.9 Å². The lowest BCUT2D eigenvalue weighted by Crippen LogP contribution is -2.54. The van der Waals surface area contributed by atoms with E-state index in [0.29, 0.717) is 11.5 Å². The van der Waals surface area contributed by atoms with Crippen LogP contribution in [0.25, 0.3) is 0 Å². The van der Waals surface area contributed by atoms with E-state index in [0.717, 1.165) is 5.56 Å². The van der Waals surface area contributed by atoms with Gasteiger partial charge in [0.2, 0.25) is 5.91 Å². The Morgan fingerprint density at radius 1 is 0.900 bits per heavy atom. The average Bonchev–Trinajstić information content (AvgIpc) is 2.75. The molecule has 0 spiro atoms. The highest BCUT2D eigenvalue weighted by atomic mass is 16.5. The van der Waals surface area contributed by atoms with E-state index in [1.54, 1.807) is 6.07 Å². The average molecular weight is 413 g/mol. The quantitative estimate of drug-likeness (QED) is 0.573. The molecule has 1 atom stereocenters. The zero-order chi connectivity index (χ0) is 22.1. The van der Waals surface area contributed by atoms with Gasteiger partial charge in [0.05, 0.1) is 20.6 Å². The number of carbonyl (C=O) groups excluding carboxylic acids is 3. The predicted molar refractivity (Wildman–Crippen MR) is 112 cm³/mol. The van der Waals surface area contributed by atoms with E-state index in [4.69, 9.17) is 9.47 Å². The number of hydrogen-bond donors (Lipinski definition) is 3. The topological polar surface area (TPSA) is 106 Å². The summed E-state index contributed by atoms with van der Waals surface area (Å²) in [5.41, 5.74) is 5.83. The lowest BCUT2D eigenvalue weighted by molar-refractivity contribution is -0.130. The fraction of sp³-hybridized carbons (Fsp3) is 0.318. The molecule has 0 saturated heterocycles. The second-order valence-corrected chi connectivity index (χ2v) is 7.00. The van der Waals surface area contributed by atoms with E-state index in [2.05, 4.69) is 16.2 Å². The summed E-state index contributed by atoms with van der Waals surface area (Å²) in [4.78, 5) is 37.3. The molecule has 3 N–H and O–H groups in total. The van der Waals surface area contributed by atoms with Crippen molar-refractivity contribution < 1.29 is 23.9 Å². The molecule has 0 aliphatic rings. The summed E-state index contributed by atoms with van der Waals surface area (Å²) in [7, 11) is 2.95. The normalized spacial score (nSPS) is 11.4. The number of benzene rings is 2. The van der Waals surface area contributed by atoms with Crippen molar-refractivity contribution in [3.63, 3.8) is 0 Å². The standard InChI is InChI=1S/C22H27N3O5/c1-14(2)20(23-19(26)10-15-8-6-5-7-9-15)22(28)25-24-21(27)16-11-17(29-3)13-18(12-16)30-4/h5-9,11-14,20H,10H2,1-4H3,(H,23,26)(H,24,27)(H,25,28)/t20-/m0/s1. The van der Waals surface area contributed by atoms with Crippen LogP contribution in [0.5, 0.6) is 11.5 Å². The molecule has 0 aromatic heterocycles. The number of ether oxygens (including phenoxy) is 2. The number of hydrazine groups is 1. The van der Waals surface area contributed by atoms with Gasteiger partial charge >= 0.3 is 0 Å². The molecule has 0 bridgehead atoms. The largest absolute Gasteiger partial charge is 0.497 e. The summed E-state index contributed by atoms with van der Waals surface area (Å²) < 4.78 is 10.3. The molecule has 3 amide bonds. The number of carbonyl (C=O) groups is 3. The molecule has 0 aliphatic heterocycles. The molecule has 8 heteroatoms. The molecule has 0 aliphatic carbocycles. The molecule has 30 heavy (non-hydrogen) atoms. The second-order valence-electron chi connectivity index (χ2n) is 7.00. The third kappa shape index (κ3) is 6.51. The van der Waals surface area contributed by atoms with E-state index in [1.165, 1.54) is 26.4 Å². The molecule has 0 heterocycles. The first kappa shape index (κ1) is 22.7. The molecule has 2 rings (SSSR count). The van der Waals surface area contributed by atoms with Crippen molar-refractivity contribution in [1.82, 2.24) is 16.2 Å². The number of nitrogens with one attached hydrogen (secondary N) is 3. The zero-order valence-corrected chi connectivity index (χ0v) is 17.5. The number of amides is 3. The van der Waals surface area contributed by atoms with Crippen molar-refractivity contribution in [1.29, 1.82) is 0 Å². The maximum Gasteiger partial charge on any atom is 0.269 e. The third-order valence-electron chi connectivity index (χ3n) is 4.39. The summed E-state index contributed by atoms with van der Waals surface area (Å²) >= 11 is 0. The Balaban J connectivity index is 1.98. The molecule has 2 aromatic rings. The molecule has 2 aromatic carbocycles. The van der Waals surface area contributed by atoms with Gasteiger partial charge in [-0.05, 0) is 23.6 Å². The van der Waals surface area contributed by atoms with Crippen LogP contribution in [0.2, 0.25) is 0 Å². The zero-order valence-electron chi connectivity index (χ0n) is 17.5. The third-order valence-corrected chi connectivity index (χ3v) is 4.39. The van der Waals surface area contributed by atoms with Gasteiger partial charge in [-0.15, -0.1) is 0 Å². The molecular weight excluding hydrogens is 386 g/mol. The molecule has 0 radical (unpaired) electrons. The van der Waals surface area contributed by atoms with E-state index in [1.807, 2.05) is 44.2 Å². The van der Waals surface area contributed by atoms with Crippen LogP contribution in [-0.2, 0) is 16.0 Å². The van der Waals surface area contributed by atoms with Crippen molar-refractivity contribution in [2.24, 2.45) is 5.92 Å². The summed E-state index contributed by atoms with van der Waals surface area (Å²) in [5.74, 6) is -0.635. The molecule has 0 saturated carbocycles. The Bertz CT molecular complexity index is 861. The Kier molecular flexibility index (Phi) is 8.22. The van der Waals surface area contributed by atoms with Gasteiger partial charge in [0, 0.05) is 11.6 Å². The Labute approximate surface area is 175 Å². The van der Waals surface area contributed by atoms with Crippen LogP contribution in [-0.4, -0.2) is 38.0 Å². The maximum atomic E-state index is 12.6. The Morgan fingerprint density at radius 2 is 1.50 bits per heavy atom. The predicted octanol–water partition coefficient (Wildman–Crippen LogP) is 1.85. The highest BCUT2D eigenvalue weighted by molar-refractivity contribution is 5.97. The van der Waals surface area contributed by atoms with Crippen molar-refractivity contribution in [2.45, 2.75) is 26.3 Å². The van der Waals surface area contributed by atoms with Gasteiger partial charge in [0.1, 0.15) is 17.5 Å². The monoisotopic (exact) mass is 413 g/mol. The van der Waals surface area contributed by atoms with Gasteiger partial charge in [-0.1, -0.05) is 44.2 Å². The highest BCUT2D eigenvalue weighted by Gasteiger charge is 2.24. The molecule has 160 valence electrons. The minimum atomic E-state index is -0.804. The molecular formula is C22H27N3O5. The summed E-state index contributed by atoms with van der Waals surface area (Å²) in [6, 6.07) is 13.1. The van der Waals surface area contributed by atoms with E-state index in [9.17, 15) is 14.4 Å². The minimum absolute atomic E-state index is 0.160. The molecule has 0 unspecified atom stereocenters. The van der Waals surface area contributed by atoms with Crippen LogP contribution in [0.1, 0.15) is 29.8 Å². The Morgan fingerprint density at radius 3 is 2.03 bits per heavy atom. The first-order valence-corrected chi connectivity index (χ1v) is 9.50. The van der Waals surface area contributed by atoms with Crippen LogP contribution in [0, 0.1) is 5.92 Å². The lowest BCUT2D eigenvalue weighted by Gasteiger charge is -2.22. The first-order chi connectivity index (χ1) is 14.3. The smallest absolute Gasteiger partial charge is 0.269 e. The van der Waals surface area contributed by atoms with E-state index in [-0.39, 0.29) is 23.8 Å². The van der Waals surface area contributed by atoms with Crippen molar-refractivity contribution >= 4 is 17.7 Å². The second kappa shape index (κ2) is 10.8. The van der Waals surface area contributed by atoms with Crippen molar-refractivity contribution in [2.75, 3.05) is 14.2 Å². The number of hydrogen-bond acceptors (Lipinski definition) is 5. The van der Waals surface area contributed by atoms with Gasteiger partial charge in [0.15, 0.2) is 0 Å². The Hall–Kier alpha value is -3.55. The molecule has 8 nitrogen and oxygen atoms in total. The van der Waals surface area contributed by atoms with Gasteiger partial charge in [-0.3, -0.25) is 25.2 Å². The molecule has 0 fully saturated rings. The summed E-state index contributed by atoms with van der Waals surface area (Å²) in [6.45, 7) is 3.61. The van der Waals surface area contributed by atoms with Crippen LogP contribution < -0.4 is 25.6 Å².